The van der Waals surface area contributed by atoms with E-state index in [1.807, 2.05) is 30.3 Å². The van der Waals surface area contributed by atoms with Crippen LogP contribution in [0.4, 0.5) is 0 Å². The summed E-state index contributed by atoms with van der Waals surface area (Å²) in [6.45, 7) is 0.683. The average molecular weight is 444 g/mol. The van der Waals surface area contributed by atoms with Crippen LogP contribution in [0.3, 0.4) is 0 Å². The molecule has 0 spiro atoms. The molecule has 0 saturated heterocycles. The van der Waals surface area contributed by atoms with Crippen LogP contribution in [0.5, 0.6) is 17.2 Å². The van der Waals surface area contributed by atoms with E-state index in [0.717, 1.165) is 24.0 Å². The lowest BCUT2D eigenvalue weighted by Crippen LogP contribution is -2.36. The van der Waals surface area contributed by atoms with Crippen LogP contribution in [0, 0.1) is 0 Å². The summed E-state index contributed by atoms with van der Waals surface area (Å²) in [5, 5.41) is 13.0. The van der Waals surface area contributed by atoms with Crippen LogP contribution in [0.25, 0.3) is 0 Å². The summed E-state index contributed by atoms with van der Waals surface area (Å²) < 4.78 is 22.3. The first-order chi connectivity index (χ1) is 15.6. The van der Waals surface area contributed by atoms with Crippen LogP contribution in [0.1, 0.15) is 36.8 Å². The van der Waals surface area contributed by atoms with Crippen molar-refractivity contribution in [3.05, 3.63) is 53.6 Å². The molecule has 2 aromatic rings. The molecule has 1 aliphatic carbocycles. The van der Waals surface area contributed by atoms with Crippen molar-refractivity contribution in [2.24, 2.45) is 0 Å². The molecule has 7 heteroatoms. The molecular formula is C25H33NO6. The molecular weight excluding hydrogens is 410 g/mol. The van der Waals surface area contributed by atoms with Gasteiger partial charge in [0.15, 0.2) is 11.5 Å². The maximum Gasteiger partial charge on any atom is 0.224 e. The van der Waals surface area contributed by atoms with Crippen molar-refractivity contribution < 1.29 is 28.8 Å². The Balaban J connectivity index is 1.42. The van der Waals surface area contributed by atoms with Crippen molar-refractivity contribution in [2.75, 3.05) is 27.4 Å². The Bertz CT molecular complexity index is 865. The second-order valence-corrected chi connectivity index (χ2v) is 7.96. The molecule has 1 saturated carbocycles. The van der Waals surface area contributed by atoms with Gasteiger partial charge in [-0.25, -0.2) is 0 Å². The van der Waals surface area contributed by atoms with Gasteiger partial charge in [0.1, 0.15) is 18.5 Å². The van der Waals surface area contributed by atoms with Gasteiger partial charge in [-0.05, 0) is 36.6 Å². The van der Waals surface area contributed by atoms with E-state index in [4.69, 9.17) is 18.9 Å². The molecule has 0 aliphatic heterocycles. The third kappa shape index (κ3) is 7.14. The minimum Gasteiger partial charge on any atom is -0.493 e. The molecule has 0 bridgehead atoms. The lowest BCUT2D eigenvalue weighted by Gasteiger charge is -2.17. The largest absolute Gasteiger partial charge is 0.493 e. The number of nitrogens with one attached hydrogen (secondary N) is 1. The van der Waals surface area contributed by atoms with E-state index in [-0.39, 0.29) is 25.5 Å². The Morgan fingerprint density at radius 2 is 1.81 bits per heavy atom. The normalized spacial score (nSPS) is 14.7. The van der Waals surface area contributed by atoms with E-state index in [0.29, 0.717) is 30.0 Å². The van der Waals surface area contributed by atoms with Gasteiger partial charge in [-0.3, -0.25) is 4.79 Å². The van der Waals surface area contributed by atoms with Crippen LogP contribution in [-0.4, -0.2) is 50.6 Å². The van der Waals surface area contributed by atoms with E-state index in [9.17, 15) is 9.90 Å². The minimum absolute atomic E-state index is 0.0804. The SMILES string of the molecule is COc1ccc(CC(=O)NCC(O)COc2ccccc2COC2CCCC2)cc1OC. The molecule has 1 unspecified atom stereocenters. The first kappa shape index (κ1) is 23.9. The summed E-state index contributed by atoms with van der Waals surface area (Å²) in [6.07, 6.45) is 4.37. The van der Waals surface area contributed by atoms with Crippen LogP contribution in [0.2, 0.25) is 0 Å². The van der Waals surface area contributed by atoms with Crippen LogP contribution < -0.4 is 19.5 Å². The number of ether oxygens (including phenoxy) is 4. The summed E-state index contributed by atoms with van der Waals surface area (Å²) in [5.74, 6) is 1.68. The lowest BCUT2D eigenvalue weighted by atomic mass is 10.1. The summed E-state index contributed by atoms with van der Waals surface area (Å²) in [4.78, 5) is 12.3. The third-order valence-corrected chi connectivity index (χ3v) is 5.53. The van der Waals surface area contributed by atoms with Gasteiger partial charge >= 0.3 is 0 Å². The standard InChI is InChI=1S/C25H33NO6/c1-29-23-12-11-18(13-24(23)30-2)14-25(28)26-15-20(27)17-32-22-10-6-3-7-19(22)16-31-21-8-4-5-9-21/h3,6-7,10-13,20-21,27H,4-5,8-9,14-17H2,1-2H3,(H,26,28). The summed E-state index contributed by atoms with van der Waals surface area (Å²) in [5.41, 5.74) is 1.76. The Morgan fingerprint density at radius 3 is 2.56 bits per heavy atom. The van der Waals surface area contributed by atoms with Gasteiger partial charge in [0, 0.05) is 12.1 Å². The smallest absolute Gasteiger partial charge is 0.224 e. The Labute approximate surface area is 189 Å². The van der Waals surface area contributed by atoms with Gasteiger partial charge in [-0.2, -0.15) is 0 Å². The van der Waals surface area contributed by atoms with E-state index in [1.165, 1.54) is 12.8 Å². The van der Waals surface area contributed by atoms with E-state index in [1.54, 1.807) is 26.4 Å². The molecule has 1 aliphatic rings. The lowest BCUT2D eigenvalue weighted by molar-refractivity contribution is -0.121. The first-order valence-electron chi connectivity index (χ1n) is 11.1. The number of hydrogen-bond donors (Lipinski definition) is 2. The van der Waals surface area contributed by atoms with Gasteiger partial charge in [0.2, 0.25) is 5.91 Å². The number of aliphatic hydroxyl groups is 1. The average Bonchev–Trinajstić information content (AvgIpc) is 3.34. The van der Waals surface area contributed by atoms with Crippen molar-refractivity contribution in [1.82, 2.24) is 5.32 Å². The predicted molar refractivity (Wildman–Crippen MR) is 121 cm³/mol. The van der Waals surface area contributed by atoms with Gasteiger partial charge in [0.05, 0.1) is 33.4 Å². The van der Waals surface area contributed by atoms with Crippen molar-refractivity contribution in [3.63, 3.8) is 0 Å². The maximum atomic E-state index is 12.3. The van der Waals surface area contributed by atoms with Crippen molar-refractivity contribution in [3.8, 4) is 17.2 Å². The fraction of sp³-hybridized carbons (Fsp3) is 0.480. The minimum atomic E-state index is -0.826. The number of benzene rings is 2. The number of para-hydroxylation sites is 1. The zero-order valence-corrected chi connectivity index (χ0v) is 18.8. The second kappa shape index (κ2) is 12.3. The zero-order valence-electron chi connectivity index (χ0n) is 18.8. The number of aliphatic hydroxyl groups excluding tert-OH is 1. The Hall–Kier alpha value is -2.77. The van der Waals surface area contributed by atoms with Crippen molar-refractivity contribution in [2.45, 2.75) is 50.9 Å². The highest BCUT2D eigenvalue weighted by Gasteiger charge is 2.17. The van der Waals surface area contributed by atoms with Gasteiger partial charge < -0.3 is 29.4 Å². The van der Waals surface area contributed by atoms with Crippen molar-refractivity contribution in [1.29, 1.82) is 0 Å². The molecule has 2 N–H and O–H groups in total. The number of carbonyl (C=O) groups excluding carboxylic acids is 1. The van der Waals surface area contributed by atoms with E-state index >= 15 is 0 Å². The first-order valence-corrected chi connectivity index (χ1v) is 11.1. The molecule has 2 aromatic carbocycles. The highest BCUT2D eigenvalue weighted by Crippen LogP contribution is 2.28. The molecule has 0 heterocycles. The third-order valence-electron chi connectivity index (χ3n) is 5.53. The summed E-state index contributed by atoms with van der Waals surface area (Å²) in [6, 6.07) is 13.0. The number of carbonyl (C=O) groups is 1. The second-order valence-electron chi connectivity index (χ2n) is 7.96. The molecule has 1 fully saturated rings. The summed E-state index contributed by atoms with van der Waals surface area (Å²) in [7, 11) is 3.12. The van der Waals surface area contributed by atoms with Crippen LogP contribution in [0.15, 0.2) is 42.5 Å². The molecule has 0 radical (unpaired) electrons. The Morgan fingerprint density at radius 1 is 1.06 bits per heavy atom. The number of amides is 1. The molecule has 174 valence electrons. The number of hydrogen-bond acceptors (Lipinski definition) is 6. The fourth-order valence-electron chi connectivity index (χ4n) is 3.74. The highest BCUT2D eigenvalue weighted by molar-refractivity contribution is 5.78. The molecule has 32 heavy (non-hydrogen) atoms. The topological polar surface area (TPSA) is 86.3 Å². The van der Waals surface area contributed by atoms with Gasteiger partial charge in [0.25, 0.3) is 0 Å². The van der Waals surface area contributed by atoms with Crippen molar-refractivity contribution >= 4 is 5.91 Å². The monoisotopic (exact) mass is 443 g/mol. The molecule has 3 rings (SSSR count). The molecule has 1 amide bonds. The van der Waals surface area contributed by atoms with Crippen LogP contribution >= 0.6 is 0 Å². The molecule has 1 atom stereocenters. The van der Waals surface area contributed by atoms with Gasteiger partial charge in [-0.15, -0.1) is 0 Å². The number of methoxy groups -OCH3 is 2. The molecule has 0 aromatic heterocycles. The van der Waals surface area contributed by atoms with E-state index in [2.05, 4.69) is 5.32 Å². The summed E-state index contributed by atoms with van der Waals surface area (Å²) >= 11 is 0. The zero-order chi connectivity index (χ0) is 22.8. The van der Waals surface area contributed by atoms with Gasteiger partial charge in [-0.1, -0.05) is 37.1 Å². The predicted octanol–water partition coefficient (Wildman–Crippen LogP) is 3.26. The van der Waals surface area contributed by atoms with Crippen LogP contribution in [-0.2, 0) is 22.6 Å². The number of rotatable bonds is 12. The molecule has 7 nitrogen and oxygen atoms in total. The fourth-order valence-corrected chi connectivity index (χ4v) is 3.74. The van der Waals surface area contributed by atoms with E-state index < -0.39 is 6.10 Å². The quantitative estimate of drug-likeness (QED) is 0.524. The Kier molecular flexibility index (Phi) is 9.19. The highest BCUT2D eigenvalue weighted by atomic mass is 16.5. The maximum absolute atomic E-state index is 12.3.